The Labute approximate surface area is 148 Å². The van der Waals surface area contributed by atoms with E-state index >= 15 is 0 Å². The third kappa shape index (κ3) is 2.27. The summed E-state index contributed by atoms with van der Waals surface area (Å²) in [4.78, 5) is 25.1. The lowest BCUT2D eigenvalue weighted by Crippen LogP contribution is -2.36. The molecule has 0 saturated heterocycles. The fourth-order valence-corrected chi connectivity index (χ4v) is 3.05. The molecule has 1 aromatic carbocycles. The van der Waals surface area contributed by atoms with Gasteiger partial charge in [0.25, 0.3) is 5.56 Å². The molecule has 9 nitrogen and oxygen atoms in total. The van der Waals surface area contributed by atoms with Gasteiger partial charge in [0.1, 0.15) is 6.33 Å². The van der Waals surface area contributed by atoms with Crippen molar-refractivity contribution in [3.63, 3.8) is 0 Å². The van der Waals surface area contributed by atoms with Gasteiger partial charge in [-0.3, -0.25) is 18.3 Å². The molecule has 26 heavy (non-hydrogen) atoms. The molecule has 3 heterocycles. The van der Waals surface area contributed by atoms with Crippen molar-refractivity contribution in [2.24, 2.45) is 7.05 Å². The first-order valence-electron chi connectivity index (χ1n) is 8.26. The van der Waals surface area contributed by atoms with Gasteiger partial charge >= 0.3 is 5.69 Å². The second-order valence-electron chi connectivity index (χ2n) is 7.26. The van der Waals surface area contributed by atoms with Gasteiger partial charge in [0.2, 0.25) is 5.78 Å². The molecule has 4 aromatic rings. The van der Waals surface area contributed by atoms with Crippen molar-refractivity contribution in [1.82, 2.24) is 33.5 Å². The molecule has 0 bridgehead atoms. The quantitative estimate of drug-likeness (QED) is 0.530. The van der Waals surface area contributed by atoms with Crippen molar-refractivity contribution in [1.29, 1.82) is 0 Å². The third-order valence-electron chi connectivity index (χ3n) is 4.37. The Balaban J connectivity index is 1.94. The van der Waals surface area contributed by atoms with Crippen LogP contribution in [0.5, 0.6) is 0 Å². The van der Waals surface area contributed by atoms with Crippen LogP contribution < -0.4 is 11.2 Å². The number of hydrogen-bond donors (Lipinski definition) is 0. The highest BCUT2D eigenvalue weighted by Crippen LogP contribution is 2.14. The lowest BCUT2D eigenvalue weighted by atomic mass is 10.1. The first kappa shape index (κ1) is 16.2. The molecule has 4 rings (SSSR count). The predicted molar refractivity (Wildman–Crippen MR) is 96.3 cm³/mol. The van der Waals surface area contributed by atoms with E-state index in [4.69, 9.17) is 0 Å². The van der Waals surface area contributed by atoms with E-state index in [-0.39, 0.29) is 17.8 Å². The molecule has 0 saturated carbocycles. The van der Waals surface area contributed by atoms with Crippen LogP contribution >= 0.6 is 0 Å². The highest BCUT2D eigenvalue weighted by molar-refractivity contribution is 5.80. The molecule has 0 aliphatic carbocycles. The average molecular weight is 353 g/mol. The minimum atomic E-state index is -0.411. The molecule has 0 unspecified atom stereocenters. The third-order valence-corrected chi connectivity index (χ3v) is 4.37. The summed E-state index contributed by atoms with van der Waals surface area (Å²) in [5.41, 5.74) is -0.0544. The van der Waals surface area contributed by atoms with Crippen molar-refractivity contribution in [3.8, 4) is 0 Å². The minimum Gasteiger partial charge on any atom is -0.279 e. The van der Waals surface area contributed by atoms with Crippen LogP contribution in [0, 0.1) is 0 Å². The number of rotatable bonds is 2. The van der Waals surface area contributed by atoms with Crippen molar-refractivity contribution in [2.45, 2.75) is 32.9 Å². The summed E-state index contributed by atoms with van der Waals surface area (Å²) in [6.45, 7) is 5.96. The van der Waals surface area contributed by atoms with Gasteiger partial charge in [-0.1, -0.05) is 12.1 Å². The summed E-state index contributed by atoms with van der Waals surface area (Å²) in [5.74, 6) is 0.988. The molecule has 0 fully saturated rings. The van der Waals surface area contributed by atoms with Crippen LogP contribution in [0.1, 0.15) is 26.6 Å². The average Bonchev–Trinajstić information content (AvgIpc) is 3.17. The van der Waals surface area contributed by atoms with Crippen LogP contribution in [-0.4, -0.2) is 33.5 Å². The molecular formula is C17H19N7O2. The summed E-state index contributed by atoms with van der Waals surface area (Å²) < 4.78 is 6.18. The fourth-order valence-electron chi connectivity index (χ4n) is 3.05. The highest BCUT2D eigenvalue weighted by atomic mass is 16.2. The molecule has 0 aliphatic heterocycles. The van der Waals surface area contributed by atoms with Gasteiger partial charge in [0, 0.05) is 7.05 Å². The second kappa shape index (κ2) is 5.38. The number of para-hydroxylation sites is 1. The number of benzene rings is 1. The molecular weight excluding hydrogens is 334 g/mol. The number of aromatic nitrogens is 7. The van der Waals surface area contributed by atoms with Gasteiger partial charge in [-0.15, -0.1) is 10.2 Å². The Morgan fingerprint density at radius 2 is 1.81 bits per heavy atom. The lowest BCUT2D eigenvalue weighted by Gasteiger charge is -2.16. The predicted octanol–water partition coefficient (Wildman–Crippen LogP) is 0.743. The largest absolute Gasteiger partial charge is 0.346 e. The Bertz CT molecular complexity index is 1250. The first-order chi connectivity index (χ1) is 12.3. The number of aryl methyl sites for hydroxylation is 1. The van der Waals surface area contributed by atoms with Crippen molar-refractivity contribution in [3.05, 3.63) is 57.3 Å². The summed E-state index contributed by atoms with van der Waals surface area (Å²) in [6, 6.07) is 7.29. The number of hydrogen-bond acceptors (Lipinski definition) is 5. The van der Waals surface area contributed by atoms with E-state index in [0.29, 0.717) is 22.5 Å². The Morgan fingerprint density at radius 1 is 1.08 bits per heavy atom. The SMILES string of the molecule is Cn1c(=O)c2ccccc2n2c(Cn3cnn(C(C)(C)C)c3=O)nnc12. The van der Waals surface area contributed by atoms with E-state index in [1.807, 2.05) is 39.0 Å². The maximum atomic E-state index is 12.6. The molecule has 0 spiro atoms. The van der Waals surface area contributed by atoms with Crippen molar-refractivity contribution < 1.29 is 0 Å². The van der Waals surface area contributed by atoms with Gasteiger partial charge in [-0.2, -0.15) is 5.10 Å². The van der Waals surface area contributed by atoms with Gasteiger partial charge in [-0.25, -0.2) is 9.48 Å². The van der Waals surface area contributed by atoms with Crippen LogP contribution in [0.3, 0.4) is 0 Å². The zero-order valence-corrected chi connectivity index (χ0v) is 15.0. The van der Waals surface area contributed by atoms with E-state index < -0.39 is 5.54 Å². The summed E-state index contributed by atoms with van der Waals surface area (Å²) >= 11 is 0. The molecule has 3 aromatic heterocycles. The highest BCUT2D eigenvalue weighted by Gasteiger charge is 2.20. The maximum Gasteiger partial charge on any atom is 0.346 e. The molecule has 9 heteroatoms. The number of nitrogens with zero attached hydrogens (tertiary/aromatic N) is 7. The van der Waals surface area contributed by atoms with Crippen LogP contribution in [0.25, 0.3) is 16.7 Å². The van der Waals surface area contributed by atoms with Gasteiger partial charge in [0.05, 0.1) is 23.0 Å². The molecule has 0 N–H and O–H groups in total. The summed E-state index contributed by atoms with van der Waals surface area (Å²) in [5, 5.41) is 13.1. The van der Waals surface area contributed by atoms with Crippen LogP contribution in [-0.2, 0) is 19.1 Å². The molecule has 0 amide bonds. The minimum absolute atomic E-state index is 0.134. The molecule has 0 atom stereocenters. The van der Waals surface area contributed by atoms with Crippen molar-refractivity contribution >= 4 is 16.7 Å². The van der Waals surface area contributed by atoms with Crippen molar-refractivity contribution in [2.75, 3.05) is 0 Å². The van der Waals surface area contributed by atoms with Gasteiger partial charge in [0.15, 0.2) is 5.82 Å². The topological polar surface area (TPSA) is 92.0 Å². The summed E-state index contributed by atoms with van der Waals surface area (Å²) in [7, 11) is 1.66. The zero-order chi connectivity index (χ0) is 18.6. The zero-order valence-electron chi connectivity index (χ0n) is 15.0. The lowest BCUT2D eigenvalue weighted by molar-refractivity contribution is 0.340. The fraction of sp³-hybridized carbons (Fsp3) is 0.353. The maximum absolute atomic E-state index is 12.6. The van der Waals surface area contributed by atoms with E-state index in [2.05, 4.69) is 15.3 Å². The first-order valence-corrected chi connectivity index (χ1v) is 8.26. The van der Waals surface area contributed by atoms with Gasteiger partial charge < -0.3 is 0 Å². The summed E-state index contributed by atoms with van der Waals surface area (Å²) in [6.07, 6.45) is 1.50. The molecule has 0 aliphatic rings. The Morgan fingerprint density at radius 3 is 2.50 bits per heavy atom. The number of fused-ring (bicyclic) bond motifs is 3. The van der Waals surface area contributed by atoms with E-state index in [0.717, 1.165) is 0 Å². The van der Waals surface area contributed by atoms with E-state index in [9.17, 15) is 9.59 Å². The molecule has 0 radical (unpaired) electrons. The normalized spacial score (nSPS) is 12.3. The molecule has 134 valence electrons. The van der Waals surface area contributed by atoms with Crippen LogP contribution in [0.2, 0.25) is 0 Å². The van der Waals surface area contributed by atoms with Crippen LogP contribution in [0.4, 0.5) is 0 Å². The van der Waals surface area contributed by atoms with Crippen LogP contribution in [0.15, 0.2) is 40.2 Å². The smallest absolute Gasteiger partial charge is 0.279 e. The van der Waals surface area contributed by atoms with E-state index in [1.54, 1.807) is 17.5 Å². The Kier molecular flexibility index (Phi) is 3.36. The van der Waals surface area contributed by atoms with E-state index in [1.165, 1.54) is 20.1 Å². The second-order valence-corrected chi connectivity index (χ2v) is 7.26. The van der Waals surface area contributed by atoms with Gasteiger partial charge in [-0.05, 0) is 32.9 Å². The standard InChI is InChI=1S/C17H19N7O2/c1-17(2,3)24-16(26)22(10-18-24)9-13-19-20-15-21(4)14(25)11-7-5-6-8-12(11)23(13)15/h5-8,10H,9H2,1-4H3. The Hall–Kier alpha value is -3.23. The monoisotopic (exact) mass is 353 g/mol.